The van der Waals surface area contributed by atoms with Crippen LogP contribution in [0.4, 0.5) is 0 Å². The first-order chi connectivity index (χ1) is 8.97. The summed E-state index contributed by atoms with van der Waals surface area (Å²) in [5.41, 5.74) is 1.60. The molecular formula is C17H28N2. The van der Waals surface area contributed by atoms with Gasteiger partial charge >= 0.3 is 0 Å². The molecule has 1 N–H and O–H groups in total. The predicted molar refractivity (Wildman–Crippen MR) is 82.3 cm³/mol. The third-order valence-electron chi connectivity index (χ3n) is 4.15. The highest BCUT2D eigenvalue weighted by Crippen LogP contribution is 2.30. The summed E-state index contributed by atoms with van der Waals surface area (Å²) in [6, 6.07) is 12.1. The Morgan fingerprint density at radius 3 is 2.32 bits per heavy atom. The molecule has 106 valence electrons. The zero-order valence-corrected chi connectivity index (χ0v) is 12.8. The van der Waals surface area contributed by atoms with E-state index in [9.17, 15) is 0 Å². The smallest absolute Gasteiger partial charge is 0.0472 e. The first kappa shape index (κ1) is 14.5. The van der Waals surface area contributed by atoms with Gasteiger partial charge in [-0.1, -0.05) is 36.8 Å². The van der Waals surface area contributed by atoms with Gasteiger partial charge in [0.15, 0.2) is 0 Å². The van der Waals surface area contributed by atoms with E-state index in [4.69, 9.17) is 0 Å². The quantitative estimate of drug-likeness (QED) is 0.870. The third-order valence-corrected chi connectivity index (χ3v) is 4.15. The molecule has 1 atom stereocenters. The van der Waals surface area contributed by atoms with E-state index in [2.05, 4.69) is 68.4 Å². The van der Waals surface area contributed by atoms with Crippen molar-refractivity contribution in [1.29, 1.82) is 0 Å². The molecular weight excluding hydrogens is 232 g/mol. The number of nitrogens with zero attached hydrogens (tertiary/aromatic N) is 1. The fourth-order valence-electron chi connectivity index (χ4n) is 2.62. The van der Waals surface area contributed by atoms with Crippen LogP contribution in [0.3, 0.4) is 0 Å². The van der Waals surface area contributed by atoms with Crippen molar-refractivity contribution >= 4 is 0 Å². The SMILES string of the molecule is CN(C1CCC1)C(CNC(C)(C)C)c1ccccc1. The minimum Gasteiger partial charge on any atom is -0.310 e. The lowest BCUT2D eigenvalue weighted by molar-refractivity contribution is 0.104. The average molecular weight is 260 g/mol. The highest BCUT2D eigenvalue weighted by Gasteiger charge is 2.28. The first-order valence-electron chi connectivity index (χ1n) is 7.49. The van der Waals surface area contributed by atoms with E-state index < -0.39 is 0 Å². The maximum atomic E-state index is 3.66. The standard InChI is InChI=1S/C17H28N2/c1-17(2,3)18-13-16(14-9-6-5-7-10-14)19(4)15-11-8-12-15/h5-7,9-10,15-16,18H,8,11-13H2,1-4H3. The number of likely N-dealkylation sites (N-methyl/N-ethyl adjacent to an activating group) is 1. The van der Waals surface area contributed by atoms with Gasteiger partial charge in [-0.15, -0.1) is 0 Å². The Labute approximate surface area is 118 Å². The monoisotopic (exact) mass is 260 g/mol. The van der Waals surface area contributed by atoms with E-state index in [1.807, 2.05) is 0 Å². The van der Waals surface area contributed by atoms with Gasteiger partial charge in [0.1, 0.15) is 0 Å². The molecule has 19 heavy (non-hydrogen) atoms. The Morgan fingerprint density at radius 2 is 1.84 bits per heavy atom. The number of benzene rings is 1. The van der Waals surface area contributed by atoms with Crippen LogP contribution >= 0.6 is 0 Å². The number of hydrogen-bond donors (Lipinski definition) is 1. The van der Waals surface area contributed by atoms with Gasteiger partial charge in [0, 0.05) is 24.2 Å². The van der Waals surface area contributed by atoms with E-state index in [0.29, 0.717) is 6.04 Å². The first-order valence-corrected chi connectivity index (χ1v) is 7.49. The zero-order chi connectivity index (χ0) is 13.9. The molecule has 0 heterocycles. The summed E-state index contributed by atoms with van der Waals surface area (Å²) in [6.07, 6.45) is 4.11. The summed E-state index contributed by atoms with van der Waals surface area (Å²) >= 11 is 0. The van der Waals surface area contributed by atoms with Gasteiger partial charge in [-0.3, -0.25) is 4.90 Å². The van der Waals surface area contributed by atoms with E-state index >= 15 is 0 Å². The molecule has 1 aliphatic carbocycles. The van der Waals surface area contributed by atoms with E-state index in [1.165, 1.54) is 24.8 Å². The summed E-state index contributed by atoms with van der Waals surface area (Å²) in [5, 5.41) is 3.66. The van der Waals surface area contributed by atoms with E-state index in [1.54, 1.807) is 0 Å². The van der Waals surface area contributed by atoms with Crippen LogP contribution in [0, 0.1) is 0 Å². The third kappa shape index (κ3) is 4.05. The lowest BCUT2D eigenvalue weighted by Crippen LogP contribution is -2.46. The number of nitrogens with one attached hydrogen (secondary N) is 1. The molecule has 1 aliphatic rings. The molecule has 1 aromatic rings. The van der Waals surface area contributed by atoms with Gasteiger partial charge in [0.25, 0.3) is 0 Å². The molecule has 1 fully saturated rings. The summed E-state index contributed by atoms with van der Waals surface area (Å²) in [5.74, 6) is 0. The largest absolute Gasteiger partial charge is 0.310 e. The van der Waals surface area contributed by atoms with Crippen molar-refractivity contribution in [3.63, 3.8) is 0 Å². The Balaban J connectivity index is 2.08. The van der Waals surface area contributed by atoms with Crippen molar-refractivity contribution in [2.75, 3.05) is 13.6 Å². The normalized spacial score (nSPS) is 18.4. The van der Waals surface area contributed by atoms with Crippen molar-refractivity contribution in [3.05, 3.63) is 35.9 Å². The van der Waals surface area contributed by atoms with Crippen molar-refractivity contribution in [2.24, 2.45) is 0 Å². The number of hydrogen-bond acceptors (Lipinski definition) is 2. The summed E-state index contributed by atoms with van der Waals surface area (Å²) in [4.78, 5) is 2.57. The topological polar surface area (TPSA) is 15.3 Å². The average Bonchev–Trinajstić information content (AvgIpc) is 2.26. The molecule has 0 aliphatic heterocycles. The molecule has 2 nitrogen and oxygen atoms in total. The van der Waals surface area contributed by atoms with Crippen LogP contribution in [0.5, 0.6) is 0 Å². The fourth-order valence-corrected chi connectivity index (χ4v) is 2.62. The fraction of sp³-hybridized carbons (Fsp3) is 0.647. The minimum atomic E-state index is 0.174. The van der Waals surface area contributed by atoms with Gasteiger partial charge in [-0.25, -0.2) is 0 Å². The van der Waals surface area contributed by atoms with Gasteiger partial charge in [-0.05, 0) is 46.2 Å². The molecule has 0 spiro atoms. The molecule has 0 bridgehead atoms. The van der Waals surface area contributed by atoms with Gasteiger partial charge in [-0.2, -0.15) is 0 Å². The Kier molecular flexibility index (Phi) is 4.64. The molecule has 2 heteroatoms. The molecule has 2 rings (SSSR count). The summed E-state index contributed by atoms with van der Waals surface area (Å²) < 4.78 is 0. The number of rotatable bonds is 5. The van der Waals surface area contributed by atoms with Crippen LogP contribution in [0.25, 0.3) is 0 Å². The maximum absolute atomic E-state index is 3.66. The van der Waals surface area contributed by atoms with Gasteiger partial charge in [0.2, 0.25) is 0 Å². The summed E-state index contributed by atoms with van der Waals surface area (Å²) in [7, 11) is 2.28. The molecule has 0 radical (unpaired) electrons. The maximum Gasteiger partial charge on any atom is 0.0472 e. The van der Waals surface area contributed by atoms with Crippen LogP contribution in [-0.2, 0) is 0 Å². The van der Waals surface area contributed by atoms with Crippen molar-refractivity contribution in [3.8, 4) is 0 Å². The van der Waals surface area contributed by atoms with Crippen molar-refractivity contribution < 1.29 is 0 Å². The zero-order valence-electron chi connectivity index (χ0n) is 12.8. The van der Waals surface area contributed by atoms with Crippen molar-refractivity contribution in [2.45, 2.75) is 57.7 Å². The second-order valence-corrected chi connectivity index (χ2v) is 6.81. The molecule has 0 amide bonds. The van der Waals surface area contributed by atoms with Crippen LogP contribution in [0.15, 0.2) is 30.3 Å². The molecule has 1 aromatic carbocycles. The van der Waals surface area contributed by atoms with Crippen LogP contribution < -0.4 is 5.32 Å². The second-order valence-electron chi connectivity index (χ2n) is 6.81. The molecule has 0 aromatic heterocycles. The van der Waals surface area contributed by atoms with Crippen LogP contribution in [0.2, 0.25) is 0 Å². The Hall–Kier alpha value is -0.860. The van der Waals surface area contributed by atoms with E-state index in [-0.39, 0.29) is 5.54 Å². The van der Waals surface area contributed by atoms with Crippen LogP contribution in [-0.4, -0.2) is 30.1 Å². The van der Waals surface area contributed by atoms with Gasteiger partial charge in [0.05, 0.1) is 0 Å². The highest BCUT2D eigenvalue weighted by molar-refractivity contribution is 5.20. The van der Waals surface area contributed by atoms with Crippen LogP contribution in [0.1, 0.15) is 51.6 Å². The minimum absolute atomic E-state index is 0.174. The summed E-state index contributed by atoms with van der Waals surface area (Å²) in [6.45, 7) is 7.72. The Morgan fingerprint density at radius 1 is 1.21 bits per heavy atom. The molecule has 1 saturated carbocycles. The predicted octanol–water partition coefficient (Wildman–Crippen LogP) is 3.60. The van der Waals surface area contributed by atoms with E-state index in [0.717, 1.165) is 12.6 Å². The second kappa shape index (κ2) is 6.06. The van der Waals surface area contributed by atoms with Crippen molar-refractivity contribution in [1.82, 2.24) is 10.2 Å². The molecule has 1 unspecified atom stereocenters. The molecule has 0 saturated heterocycles. The lowest BCUT2D eigenvalue weighted by atomic mass is 9.89. The highest BCUT2D eigenvalue weighted by atomic mass is 15.2. The Bertz CT molecular complexity index is 376. The van der Waals surface area contributed by atoms with Gasteiger partial charge < -0.3 is 5.32 Å². The lowest BCUT2D eigenvalue weighted by Gasteiger charge is -2.41.